The third kappa shape index (κ3) is 3.84. The van der Waals surface area contributed by atoms with Gasteiger partial charge in [-0.1, -0.05) is 40.9 Å². The maximum atomic E-state index is 6.16. The van der Waals surface area contributed by atoms with Crippen molar-refractivity contribution in [2.24, 2.45) is 0 Å². The van der Waals surface area contributed by atoms with Gasteiger partial charge in [0.05, 0.1) is 16.7 Å². The van der Waals surface area contributed by atoms with E-state index in [4.69, 9.17) is 44.3 Å². The highest BCUT2D eigenvalue weighted by atomic mass is 35.5. The molecular weight excluding hydrogens is 363 g/mol. The molecule has 2 aromatic carbocycles. The molecule has 0 saturated heterocycles. The van der Waals surface area contributed by atoms with Crippen molar-refractivity contribution in [1.29, 1.82) is 0 Å². The molecule has 0 N–H and O–H groups in total. The predicted molar refractivity (Wildman–Crippen MR) is 93.2 cm³/mol. The summed E-state index contributed by atoms with van der Waals surface area (Å²) in [6.07, 6.45) is 0. The topological polar surface area (TPSA) is 18.5 Å². The number of hydrogen-bond donors (Lipinski definition) is 0. The second-order valence-electron chi connectivity index (χ2n) is 4.91. The summed E-state index contributed by atoms with van der Waals surface area (Å²) in [7, 11) is 0. The minimum atomic E-state index is 0.291. The van der Waals surface area contributed by atoms with Crippen LogP contribution in [-0.4, -0.2) is 6.79 Å². The lowest BCUT2D eigenvalue weighted by Gasteiger charge is -2.21. The molecule has 0 aliphatic carbocycles. The fourth-order valence-corrected chi connectivity index (χ4v) is 3.81. The summed E-state index contributed by atoms with van der Waals surface area (Å²) in [5.74, 6) is 2.55. The van der Waals surface area contributed by atoms with Crippen LogP contribution in [0, 0.1) is 0 Å². The molecule has 1 aliphatic rings. The van der Waals surface area contributed by atoms with E-state index in [-0.39, 0.29) is 0 Å². The first-order chi connectivity index (χ1) is 10.6. The zero-order valence-electron chi connectivity index (χ0n) is 11.6. The van der Waals surface area contributed by atoms with E-state index in [0.29, 0.717) is 28.5 Å². The molecule has 0 aromatic heterocycles. The molecule has 1 heterocycles. The van der Waals surface area contributed by atoms with Crippen molar-refractivity contribution in [2.45, 2.75) is 18.1 Å². The first kappa shape index (κ1) is 16.3. The van der Waals surface area contributed by atoms with E-state index in [1.165, 1.54) is 0 Å². The molecule has 0 saturated carbocycles. The third-order valence-corrected chi connectivity index (χ3v) is 5.27. The van der Waals surface area contributed by atoms with Gasteiger partial charge in [0, 0.05) is 27.7 Å². The van der Waals surface area contributed by atoms with Crippen molar-refractivity contribution in [1.82, 2.24) is 0 Å². The highest BCUT2D eigenvalue weighted by Gasteiger charge is 2.16. The van der Waals surface area contributed by atoms with Crippen LogP contribution >= 0.6 is 46.6 Å². The molecular formula is C16H13Cl3O2S. The molecule has 1 aliphatic heterocycles. The maximum absolute atomic E-state index is 6.16. The first-order valence-electron chi connectivity index (χ1n) is 6.67. The summed E-state index contributed by atoms with van der Waals surface area (Å²) in [6, 6.07) is 9.55. The lowest BCUT2D eigenvalue weighted by molar-refractivity contribution is -0.0168. The predicted octanol–water partition coefficient (Wildman–Crippen LogP) is 5.95. The van der Waals surface area contributed by atoms with E-state index < -0.39 is 0 Å². The molecule has 116 valence electrons. The first-order valence-corrected chi connectivity index (χ1v) is 8.96. The Balaban J connectivity index is 1.68. The molecule has 0 atom stereocenters. The Bertz CT molecular complexity index is 691. The van der Waals surface area contributed by atoms with Gasteiger partial charge in [-0.3, -0.25) is 0 Å². The fourth-order valence-electron chi connectivity index (χ4n) is 2.27. The van der Waals surface area contributed by atoms with E-state index in [1.54, 1.807) is 11.8 Å². The van der Waals surface area contributed by atoms with E-state index in [1.807, 2.05) is 30.3 Å². The van der Waals surface area contributed by atoms with Crippen LogP contribution in [0.2, 0.25) is 15.1 Å². The fraction of sp³-hybridized carbons (Fsp3) is 0.250. The van der Waals surface area contributed by atoms with Gasteiger partial charge < -0.3 is 9.47 Å². The minimum absolute atomic E-state index is 0.291. The van der Waals surface area contributed by atoms with Gasteiger partial charge in [0.2, 0.25) is 0 Å². The molecule has 0 fully saturated rings. The van der Waals surface area contributed by atoms with Crippen LogP contribution < -0.4 is 4.74 Å². The Kier molecular flexibility index (Phi) is 5.42. The highest BCUT2D eigenvalue weighted by molar-refractivity contribution is 7.97. The summed E-state index contributed by atoms with van der Waals surface area (Å²) in [6.45, 7) is 0.833. The summed E-state index contributed by atoms with van der Waals surface area (Å²) in [4.78, 5) is 0. The van der Waals surface area contributed by atoms with Crippen molar-refractivity contribution in [2.75, 3.05) is 6.79 Å². The molecule has 0 amide bonds. The third-order valence-electron chi connectivity index (χ3n) is 3.26. The number of fused-ring (bicyclic) bond motifs is 1. The summed E-state index contributed by atoms with van der Waals surface area (Å²) < 4.78 is 10.9. The average molecular weight is 376 g/mol. The smallest absolute Gasteiger partial charge is 0.189 e. The van der Waals surface area contributed by atoms with Crippen molar-refractivity contribution >= 4 is 46.6 Å². The summed E-state index contributed by atoms with van der Waals surface area (Å²) >= 11 is 19.9. The van der Waals surface area contributed by atoms with Gasteiger partial charge in [0.25, 0.3) is 0 Å². The quantitative estimate of drug-likeness (QED) is 0.658. The lowest BCUT2D eigenvalue weighted by Crippen LogP contribution is -2.12. The minimum Gasteiger partial charge on any atom is -0.467 e. The van der Waals surface area contributed by atoms with E-state index in [2.05, 4.69) is 0 Å². The summed E-state index contributed by atoms with van der Waals surface area (Å²) in [5.41, 5.74) is 3.24. The summed E-state index contributed by atoms with van der Waals surface area (Å²) in [5, 5.41) is 1.87. The van der Waals surface area contributed by atoms with Crippen LogP contribution in [0.25, 0.3) is 0 Å². The molecule has 0 radical (unpaired) electrons. The highest BCUT2D eigenvalue weighted by Crippen LogP contribution is 2.34. The number of hydrogen-bond acceptors (Lipinski definition) is 3. The van der Waals surface area contributed by atoms with Gasteiger partial charge in [0.1, 0.15) is 5.75 Å². The zero-order chi connectivity index (χ0) is 15.5. The average Bonchev–Trinajstić information content (AvgIpc) is 2.50. The van der Waals surface area contributed by atoms with Crippen molar-refractivity contribution in [3.8, 4) is 5.75 Å². The van der Waals surface area contributed by atoms with E-state index in [0.717, 1.165) is 33.9 Å². The normalized spacial score (nSPS) is 13.6. The van der Waals surface area contributed by atoms with Gasteiger partial charge in [0.15, 0.2) is 6.79 Å². The van der Waals surface area contributed by atoms with Crippen LogP contribution in [0.15, 0.2) is 30.3 Å². The molecule has 0 bridgehead atoms. The molecule has 3 rings (SSSR count). The van der Waals surface area contributed by atoms with Crippen LogP contribution in [0.1, 0.15) is 16.7 Å². The number of benzene rings is 2. The molecule has 22 heavy (non-hydrogen) atoms. The Labute approximate surface area is 148 Å². The second-order valence-corrected chi connectivity index (χ2v) is 7.14. The number of thioether (sulfide) groups is 1. The Morgan fingerprint density at radius 2 is 1.86 bits per heavy atom. The maximum Gasteiger partial charge on any atom is 0.189 e. The lowest BCUT2D eigenvalue weighted by atomic mass is 10.1. The zero-order valence-corrected chi connectivity index (χ0v) is 14.7. The van der Waals surface area contributed by atoms with E-state index in [9.17, 15) is 0 Å². The Morgan fingerprint density at radius 3 is 2.68 bits per heavy atom. The van der Waals surface area contributed by atoms with Crippen LogP contribution in [-0.2, 0) is 22.8 Å². The SMILES string of the molecule is Clc1cc2c(c(CSCc3ccc(Cl)c(Cl)c3)c1)OCOC2. The molecule has 6 heteroatoms. The monoisotopic (exact) mass is 374 g/mol. The largest absolute Gasteiger partial charge is 0.467 e. The molecule has 0 spiro atoms. The molecule has 0 unspecified atom stereocenters. The van der Waals surface area contributed by atoms with Crippen molar-refractivity contribution in [3.63, 3.8) is 0 Å². The Hall–Kier alpha value is -0.580. The van der Waals surface area contributed by atoms with E-state index >= 15 is 0 Å². The molecule has 2 aromatic rings. The van der Waals surface area contributed by atoms with Crippen LogP contribution in [0.5, 0.6) is 5.75 Å². The van der Waals surface area contributed by atoms with Gasteiger partial charge in [-0.05, 0) is 29.8 Å². The van der Waals surface area contributed by atoms with Gasteiger partial charge in [-0.25, -0.2) is 0 Å². The van der Waals surface area contributed by atoms with Crippen molar-refractivity contribution in [3.05, 3.63) is 62.1 Å². The standard InChI is InChI=1S/C16H13Cl3O2S/c17-13-4-11-6-20-9-21-16(11)12(5-13)8-22-7-10-1-2-14(18)15(19)3-10/h1-5H,6-9H2. The second kappa shape index (κ2) is 7.33. The number of ether oxygens (including phenoxy) is 2. The van der Waals surface area contributed by atoms with Crippen LogP contribution in [0.4, 0.5) is 0 Å². The molecule has 2 nitrogen and oxygen atoms in total. The van der Waals surface area contributed by atoms with Crippen molar-refractivity contribution < 1.29 is 9.47 Å². The van der Waals surface area contributed by atoms with Gasteiger partial charge in [-0.2, -0.15) is 11.8 Å². The van der Waals surface area contributed by atoms with Crippen LogP contribution in [0.3, 0.4) is 0 Å². The van der Waals surface area contributed by atoms with Gasteiger partial charge in [-0.15, -0.1) is 0 Å². The Morgan fingerprint density at radius 1 is 1.00 bits per heavy atom. The number of rotatable bonds is 4. The van der Waals surface area contributed by atoms with Gasteiger partial charge >= 0.3 is 0 Å². The number of halogens is 3.